The Bertz CT molecular complexity index is 768. The van der Waals surface area contributed by atoms with Crippen LogP contribution in [0, 0.1) is 5.82 Å². The predicted octanol–water partition coefficient (Wildman–Crippen LogP) is 5.99. The van der Waals surface area contributed by atoms with Gasteiger partial charge in [0.2, 0.25) is 0 Å². The first kappa shape index (κ1) is 14.6. The minimum Gasteiger partial charge on any atom is -0.338 e. The van der Waals surface area contributed by atoms with Gasteiger partial charge in [-0.05, 0) is 48.6 Å². The lowest BCUT2D eigenvalue weighted by Gasteiger charge is -2.20. The molecule has 118 valence electrons. The average molecular weight is 326 g/mol. The molecular weight excluding hydrogens is 307 g/mol. The van der Waals surface area contributed by atoms with E-state index >= 15 is 0 Å². The van der Waals surface area contributed by atoms with Crippen molar-refractivity contribution in [2.24, 2.45) is 0 Å². The van der Waals surface area contributed by atoms with E-state index in [1.165, 1.54) is 55.5 Å². The summed E-state index contributed by atoms with van der Waals surface area (Å²) in [5.74, 6) is 1.15. The maximum atomic E-state index is 13.2. The van der Waals surface area contributed by atoms with E-state index in [9.17, 15) is 4.39 Å². The van der Waals surface area contributed by atoms with Crippen molar-refractivity contribution in [2.45, 2.75) is 38.0 Å². The highest BCUT2D eigenvalue weighted by Crippen LogP contribution is 2.38. The van der Waals surface area contributed by atoms with Gasteiger partial charge in [-0.3, -0.25) is 0 Å². The van der Waals surface area contributed by atoms with E-state index in [0.29, 0.717) is 5.92 Å². The van der Waals surface area contributed by atoms with E-state index in [4.69, 9.17) is 4.98 Å². The van der Waals surface area contributed by atoms with E-state index in [1.807, 2.05) is 0 Å². The van der Waals surface area contributed by atoms with Crippen molar-refractivity contribution in [1.82, 2.24) is 9.97 Å². The van der Waals surface area contributed by atoms with Crippen LogP contribution < -0.4 is 0 Å². The summed E-state index contributed by atoms with van der Waals surface area (Å²) in [6, 6.07) is 8.69. The Labute approximate surface area is 139 Å². The lowest BCUT2D eigenvalue weighted by molar-refractivity contribution is 0.438. The molecule has 0 spiro atoms. The fraction of sp³-hybridized carbons (Fsp3) is 0.316. The number of aromatic amines is 1. The third kappa shape index (κ3) is 2.95. The number of hydrogen-bond acceptors (Lipinski definition) is 2. The van der Waals surface area contributed by atoms with Crippen LogP contribution in [0.25, 0.3) is 22.6 Å². The van der Waals surface area contributed by atoms with E-state index in [2.05, 4.69) is 21.8 Å². The summed E-state index contributed by atoms with van der Waals surface area (Å²) in [5.41, 5.74) is 4.46. The minimum atomic E-state index is -0.217. The van der Waals surface area contributed by atoms with Crippen LogP contribution in [0.4, 0.5) is 4.39 Å². The molecule has 0 unspecified atom stereocenters. The first-order chi connectivity index (χ1) is 11.3. The molecule has 2 nitrogen and oxygen atoms in total. The predicted molar refractivity (Wildman–Crippen MR) is 93.1 cm³/mol. The molecule has 23 heavy (non-hydrogen) atoms. The molecule has 1 aromatic carbocycles. The van der Waals surface area contributed by atoms with Gasteiger partial charge in [0, 0.05) is 22.4 Å². The number of halogens is 1. The summed E-state index contributed by atoms with van der Waals surface area (Å²) >= 11 is 1.70. The van der Waals surface area contributed by atoms with Gasteiger partial charge in [-0.25, -0.2) is 9.37 Å². The summed E-state index contributed by atoms with van der Waals surface area (Å²) in [6.07, 6.45) is 6.33. The molecule has 0 radical (unpaired) electrons. The Morgan fingerprint density at radius 3 is 2.48 bits per heavy atom. The molecule has 1 saturated carbocycles. The van der Waals surface area contributed by atoms with Gasteiger partial charge < -0.3 is 4.98 Å². The van der Waals surface area contributed by atoms with Gasteiger partial charge in [0.25, 0.3) is 0 Å². The number of rotatable bonds is 3. The van der Waals surface area contributed by atoms with Gasteiger partial charge in [0.05, 0.1) is 11.4 Å². The second-order valence-corrected chi connectivity index (χ2v) is 6.98. The Hall–Kier alpha value is -1.94. The van der Waals surface area contributed by atoms with Crippen molar-refractivity contribution in [3.8, 4) is 22.6 Å². The first-order valence-electron chi connectivity index (χ1n) is 8.19. The van der Waals surface area contributed by atoms with Crippen LogP contribution in [-0.2, 0) is 0 Å². The summed E-state index contributed by atoms with van der Waals surface area (Å²) in [6.45, 7) is 0. The van der Waals surface area contributed by atoms with Crippen LogP contribution in [0.5, 0.6) is 0 Å². The van der Waals surface area contributed by atoms with E-state index < -0.39 is 0 Å². The highest BCUT2D eigenvalue weighted by Gasteiger charge is 2.23. The lowest BCUT2D eigenvalue weighted by atomic mass is 9.85. The molecule has 4 heteroatoms. The molecule has 2 aromatic heterocycles. The summed E-state index contributed by atoms with van der Waals surface area (Å²) in [5, 5.41) is 4.26. The second kappa shape index (κ2) is 6.28. The Balaban J connectivity index is 1.78. The number of hydrogen-bond donors (Lipinski definition) is 1. The summed E-state index contributed by atoms with van der Waals surface area (Å²) in [4.78, 5) is 8.41. The lowest BCUT2D eigenvalue weighted by Crippen LogP contribution is -2.06. The van der Waals surface area contributed by atoms with Gasteiger partial charge in [0.15, 0.2) is 0 Å². The van der Waals surface area contributed by atoms with Gasteiger partial charge in [0.1, 0.15) is 11.6 Å². The molecule has 4 rings (SSSR count). The third-order valence-corrected chi connectivity index (χ3v) is 5.33. The van der Waals surface area contributed by atoms with Crippen LogP contribution in [0.1, 0.15) is 43.7 Å². The fourth-order valence-electron chi connectivity index (χ4n) is 3.43. The standard InChI is InChI=1S/C19H19FN2S/c20-16-8-6-14(7-9-16)19-21-17(13-4-2-1-3-5-13)18(22-19)15-10-11-23-12-15/h6-13H,1-5H2,(H,21,22). The molecule has 0 atom stereocenters. The van der Waals surface area contributed by atoms with Gasteiger partial charge in [-0.1, -0.05) is 19.3 Å². The van der Waals surface area contributed by atoms with Crippen LogP contribution >= 0.6 is 11.3 Å². The second-order valence-electron chi connectivity index (χ2n) is 6.20. The maximum Gasteiger partial charge on any atom is 0.138 e. The van der Waals surface area contributed by atoms with Crippen molar-refractivity contribution in [3.63, 3.8) is 0 Å². The van der Waals surface area contributed by atoms with Crippen LogP contribution in [0.3, 0.4) is 0 Å². The van der Waals surface area contributed by atoms with Crippen LogP contribution in [0.15, 0.2) is 41.1 Å². The van der Waals surface area contributed by atoms with Crippen LogP contribution in [-0.4, -0.2) is 9.97 Å². The number of aromatic nitrogens is 2. The number of imidazole rings is 1. The zero-order valence-corrected chi connectivity index (χ0v) is 13.7. The van der Waals surface area contributed by atoms with Gasteiger partial charge in [-0.2, -0.15) is 11.3 Å². The molecule has 3 aromatic rings. The van der Waals surface area contributed by atoms with Crippen LogP contribution in [0.2, 0.25) is 0 Å². The number of nitrogens with zero attached hydrogens (tertiary/aromatic N) is 1. The minimum absolute atomic E-state index is 0.217. The largest absolute Gasteiger partial charge is 0.338 e. The summed E-state index contributed by atoms with van der Waals surface area (Å²) in [7, 11) is 0. The maximum absolute atomic E-state index is 13.2. The molecule has 1 aliphatic carbocycles. The normalized spacial score (nSPS) is 15.9. The molecule has 1 N–H and O–H groups in total. The quantitative estimate of drug-likeness (QED) is 0.629. The van der Waals surface area contributed by atoms with Crippen molar-refractivity contribution in [1.29, 1.82) is 0 Å². The van der Waals surface area contributed by atoms with Crippen molar-refractivity contribution < 1.29 is 4.39 Å². The smallest absolute Gasteiger partial charge is 0.138 e. The number of H-pyrrole nitrogens is 1. The third-order valence-electron chi connectivity index (χ3n) is 4.65. The molecular formula is C19H19FN2S. The molecule has 2 heterocycles. The zero-order valence-electron chi connectivity index (χ0n) is 12.9. The van der Waals surface area contributed by atoms with E-state index in [1.54, 1.807) is 23.5 Å². The molecule has 1 aliphatic rings. The van der Waals surface area contributed by atoms with E-state index in [-0.39, 0.29) is 5.82 Å². The van der Waals surface area contributed by atoms with Gasteiger partial charge in [-0.15, -0.1) is 0 Å². The topological polar surface area (TPSA) is 28.7 Å². The SMILES string of the molecule is Fc1ccc(-c2nc(C3CCCCC3)c(-c3ccsc3)[nH]2)cc1. The number of nitrogens with one attached hydrogen (secondary N) is 1. The van der Waals surface area contributed by atoms with Gasteiger partial charge >= 0.3 is 0 Å². The Morgan fingerprint density at radius 1 is 1.00 bits per heavy atom. The first-order valence-corrected chi connectivity index (χ1v) is 9.14. The highest BCUT2D eigenvalue weighted by molar-refractivity contribution is 7.08. The molecule has 0 bridgehead atoms. The fourth-order valence-corrected chi connectivity index (χ4v) is 4.08. The van der Waals surface area contributed by atoms with E-state index in [0.717, 1.165) is 17.1 Å². The molecule has 0 amide bonds. The monoisotopic (exact) mass is 326 g/mol. The molecule has 0 saturated heterocycles. The average Bonchev–Trinajstić information content (AvgIpc) is 3.26. The Morgan fingerprint density at radius 2 is 1.78 bits per heavy atom. The molecule has 0 aliphatic heterocycles. The van der Waals surface area contributed by atoms with Crippen molar-refractivity contribution >= 4 is 11.3 Å². The van der Waals surface area contributed by atoms with Crippen molar-refractivity contribution in [2.75, 3.05) is 0 Å². The zero-order chi connectivity index (χ0) is 15.6. The number of thiophene rings is 1. The Kier molecular flexibility index (Phi) is 4.00. The molecule has 1 fully saturated rings. The number of benzene rings is 1. The highest BCUT2D eigenvalue weighted by atomic mass is 32.1. The summed E-state index contributed by atoms with van der Waals surface area (Å²) < 4.78 is 13.2. The van der Waals surface area contributed by atoms with Crippen molar-refractivity contribution in [3.05, 3.63) is 52.6 Å².